The predicted octanol–water partition coefficient (Wildman–Crippen LogP) is 3.47. The van der Waals surface area contributed by atoms with E-state index in [0.717, 1.165) is 10.6 Å². The standard InChI is InChI=1S/C14H18ClN3S/c15-12-8-6-11(7-9-12)10-16-18-14(19)17-13-4-2-1-3-5-13/h6-10,13H,1-5H2,(H2,17,18,19)/b16-10+. The second-order valence-electron chi connectivity index (χ2n) is 4.73. The number of rotatable bonds is 3. The number of halogens is 1. The molecule has 0 spiro atoms. The van der Waals surface area contributed by atoms with E-state index in [9.17, 15) is 0 Å². The molecule has 0 bridgehead atoms. The molecule has 1 aromatic carbocycles. The van der Waals surface area contributed by atoms with Crippen molar-refractivity contribution in [2.75, 3.05) is 0 Å². The summed E-state index contributed by atoms with van der Waals surface area (Å²) in [6.07, 6.45) is 8.03. The lowest BCUT2D eigenvalue weighted by molar-refractivity contribution is 0.412. The number of nitrogens with zero attached hydrogens (tertiary/aromatic N) is 1. The first-order valence-corrected chi connectivity index (χ1v) is 7.38. The normalized spacial score (nSPS) is 16.5. The fourth-order valence-corrected chi connectivity index (χ4v) is 2.52. The van der Waals surface area contributed by atoms with Crippen LogP contribution in [0.2, 0.25) is 5.02 Å². The minimum atomic E-state index is 0.500. The Labute approximate surface area is 124 Å². The second kappa shape index (κ2) is 7.46. The maximum Gasteiger partial charge on any atom is 0.187 e. The highest BCUT2D eigenvalue weighted by molar-refractivity contribution is 7.80. The predicted molar refractivity (Wildman–Crippen MR) is 84.8 cm³/mol. The molecule has 0 amide bonds. The van der Waals surface area contributed by atoms with Crippen LogP contribution in [0.1, 0.15) is 37.7 Å². The Bertz CT molecular complexity index is 439. The molecule has 19 heavy (non-hydrogen) atoms. The van der Waals surface area contributed by atoms with Crippen LogP contribution in [-0.4, -0.2) is 17.4 Å². The van der Waals surface area contributed by atoms with Crippen molar-refractivity contribution in [1.29, 1.82) is 0 Å². The number of hydrogen-bond acceptors (Lipinski definition) is 2. The molecule has 1 saturated carbocycles. The highest BCUT2D eigenvalue weighted by Crippen LogP contribution is 2.17. The van der Waals surface area contributed by atoms with Crippen LogP contribution in [0.25, 0.3) is 0 Å². The lowest BCUT2D eigenvalue weighted by Crippen LogP contribution is -2.40. The molecule has 2 N–H and O–H groups in total. The van der Waals surface area contributed by atoms with Gasteiger partial charge in [0.15, 0.2) is 5.11 Å². The van der Waals surface area contributed by atoms with Gasteiger partial charge in [-0.15, -0.1) is 0 Å². The molecule has 102 valence electrons. The largest absolute Gasteiger partial charge is 0.359 e. The van der Waals surface area contributed by atoms with Crippen LogP contribution in [0.15, 0.2) is 29.4 Å². The molecular weight excluding hydrogens is 278 g/mol. The van der Waals surface area contributed by atoms with Crippen LogP contribution >= 0.6 is 23.8 Å². The lowest BCUT2D eigenvalue weighted by Gasteiger charge is -2.23. The van der Waals surface area contributed by atoms with Crippen LogP contribution < -0.4 is 10.7 Å². The molecule has 0 unspecified atom stereocenters. The molecule has 2 rings (SSSR count). The topological polar surface area (TPSA) is 36.4 Å². The van der Waals surface area contributed by atoms with Crippen molar-refractivity contribution < 1.29 is 0 Å². The van der Waals surface area contributed by atoms with E-state index in [1.165, 1.54) is 32.1 Å². The minimum absolute atomic E-state index is 0.500. The van der Waals surface area contributed by atoms with Gasteiger partial charge in [0.2, 0.25) is 0 Å². The van der Waals surface area contributed by atoms with Gasteiger partial charge in [0.1, 0.15) is 0 Å². The summed E-state index contributed by atoms with van der Waals surface area (Å²) in [5.74, 6) is 0. The van der Waals surface area contributed by atoms with E-state index in [1.54, 1.807) is 6.21 Å². The maximum atomic E-state index is 5.81. The molecule has 1 aliphatic rings. The highest BCUT2D eigenvalue weighted by Gasteiger charge is 2.13. The zero-order valence-corrected chi connectivity index (χ0v) is 12.3. The lowest BCUT2D eigenvalue weighted by atomic mass is 9.96. The molecule has 1 aliphatic carbocycles. The van der Waals surface area contributed by atoms with Gasteiger partial charge in [-0.3, -0.25) is 5.43 Å². The third kappa shape index (κ3) is 5.17. The van der Waals surface area contributed by atoms with Gasteiger partial charge in [0.25, 0.3) is 0 Å². The molecule has 1 aromatic rings. The molecular formula is C14H18ClN3S. The van der Waals surface area contributed by atoms with Gasteiger partial charge in [-0.2, -0.15) is 5.10 Å². The average molecular weight is 296 g/mol. The Balaban J connectivity index is 1.74. The SMILES string of the molecule is S=C(N/N=C/c1ccc(Cl)cc1)NC1CCCCC1. The first-order chi connectivity index (χ1) is 9.24. The van der Waals surface area contributed by atoms with E-state index in [2.05, 4.69) is 15.8 Å². The van der Waals surface area contributed by atoms with Crippen molar-refractivity contribution >= 4 is 35.1 Å². The summed E-state index contributed by atoms with van der Waals surface area (Å²) in [5, 5.41) is 8.73. The summed E-state index contributed by atoms with van der Waals surface area (Å²) in [5.41, 5.74) is 3.83. The van der Waals surface area contributed by atoms with Crippen LogP contribution in [0.5, 0.6) is 0 Å². The summed E-state index contributed by atoms with van der Waals surface area (Å²) in [4.78, 5) is 0. The molecule has 3 nitrogen and oxygen atoms in total. The van der Waals surface area contributed by atoms with Crippen molar-refractivity contribution in [2.45, 2.75) is 38.1 Å². The smallest absolute Gasteiger partial charge is 0.187 e. The Morgan fingerprint density at radius 2 is 1.89 bits per heavy atom. The summed E-state index contributed by atoms with van der Waals surface area (Å²) in [7, 11) is 0. The summed E-state index contributed by atoms with van der Waals surface area (Å²) >= 11 is 11.0. The average Bonchev–Trinajstić information content (AvgIpc) is 2.42. The fraction of sp³-hybridized carbons (Fsp3) is 0.429. The molecule has 0 aromatic heterocycles. The Kier molecular flexibility index (Phi) is 5.61. The molecule has 5 heteroatoms. The zero-order chi connectivity index (χ0) is 13.5. The van der Waals surface area contributed by atoms with Crippen molar-refractivity contribution in [1.82, 2.24) is 10.7 Å². The quantitative estimate of drug-likeness (QED) is 0.509. The van der Waals surface area contributed by atoms with Crippen LogP contribution in [-0.2, 0) is 0 Å². The molecule has 0 heterocycles. The van der Waals surface area contributed by atoms with Crippen molar-refractivity contribution in [2.24, 2.45) is 5.10 Å². The number of hydrogen-bond donors (Lipinski definition) is 2. The number of hydrazone groups is 1. The van der Waals surface area contributed by atoms with Crippen molar-refractivity contribution in [3.63, 3.8) is 0 Å². The molecule has 0 radical (unpaired) electrons. The summed E-state index contributed by atoms with van der Waals surface area (Å²) in [6.45, 7) is 0. The van der Waals surface area contributed by atoms with Crippen molar-refractivity contribution in [3.05, 3.63) is 34.9 Å². The molecule has 1 fully saturated rings. The van der Waals surface area contributed by atoms with Crippen LogP contribution in [0.3, 0.4) is 0 Å². The second-order valence-corrected chi connectivity index (χ2v) is 5.57. The number of nitrogens with one attached hydrogen (secondary N) is 2. The van der Waals surface area contributed by atoms with Crippen LogP contribution in [0, 0.1) is 0 Å². The Morgan fingerprint density at radius 3 is 2.58 bits per heavy atom. The third-order valence-electron chi connectivity index (χ3n) is 3.19. The van der Waals surface area contributed by atoms with E-state index in [4.69, 9.17) is 23.8 Å². The van der Waals surface area contributed by atoms with E-state index in [-0.39, 0.29) is 0 Å². The van der Waals surface area contributed by atoms with Gasteiger partial charge in [-0.25, -0.2) is 0 Å². The molecule has 0 aliphatic heterocycles. The summed E-state index contributed by atoms with van der Waals surface area (Å²) < 4.78 is 0. The fourth-order valence-electron chi connectivity index (χ4n) is 2.18. The Hall–Kier alpha value is -1.13. The third-order valence-corrected chi connectivity index (χ3v) is 3.65. The van der Waals surface area contributed by atoms with Crippen molar-refractivity contribution in [3.8, 4) is 0 Å². The first-order valence-electron chi connectivity index (χ1n) is 6.59. The van der Waals surface area contributed by atoms with Gasteiger partial charge in [-0.1, -0.05) is 43.0 Å². The number of thiocarbonyl (C=S) groups is 1. The van der Waals surface area contributed by atoms with E-state index in [1.807, 2.05) is 24.3 Å². The van der Waals surface area contributed by atoms with E-state index < -0.39 is 0 Å². The summed E-state index contributed by atoms with van der Waals surface area (Å²) in [6, 6.07) is 7.98. The highest BCUT2D eigenvalue weighted by atomic mass is 35.5. The Morgan fingerprint density at radius 1 is 1.21 bits per heavy atom. The zero-order valence-electron chi connectivity index (χ0n) is 10.7. The van der Waals surface area contributed by atoms with Gasteiger partial charge in [-0.05, 0) is 42.8 Å². The van der Waals surface area contributed by atoms with Gasteiger partial charge in [0, 0.05) is 11.1 Å². The van der Waals surface area contributed by atoms with Gasteiger partial charge >= 0.3 is 0 Å². The van der Waals surface area contributed by atoms with E-state index in [0.29, 0.717) is 11.2 Å². The molecule has 0 atom stereocenters. The minimum Gasteiger partial charge on any atom is -0.359 e. The van der Waals surface area contributed by atoms with Gasteiger partial charge < -0.3 is 5.32 Å². The number of benzene rings is 1. The van der Waals surface area contributed by atoms with Gasteiger partial charge in [0.05, 0.1) is 6.21 Å². The maximum absolute atomic E-state index is 5.81. The molecule has 0 saturated heterocycles. The van der Waals surface area contributed by atoms with E-state index >= 15 is 0 Å². The van der Waals surface area contributed by atoms with Crippen LogP contribution in [0.4, 0.5) is 0 Å². The first kappa shape index (κ1) is 14.3. The monoisotopic (exact) mass is 295 g/mol.